The van der Waals surface area contributed by atoms with Crippen LogP contribution in [0.2, 0.25) is 0 Å². The van der Waals surface area contributed by atoms with Crippen molar-refractivity contribution in [3.63, 3.8) is 0 Å². The number of carbonyl (C=O) groups is 1. The third kappa shape index (κ3) is 3.24. The SMILES string of the molecule is O=C(c1ccccc1N1CCOCC1)N1CCCC1c1ccccn1. The molecule has 0 aliphatic carbocycles. The Hall–Kier alpha value is -2.40. The van der Waals surface area contributed by atoms with Crippen molar-refractivity contribution >= 4 is 11.6 Å². The first-order valence-electron chi connectivity index (χ1n) is 8.98. The summed E-state index contributed by atoms with van der Waals surface area (Å²) < 4.78 is 5.45. The molecular weight excluding hydrogens is 314 g/mol. The topological polar surface area (TPSA) is 45.7 Å². The molecular formula is C20H23N3O2. The number of hydrogen-bond acceptors (Lipinski definition) is 4. The number of anilines is 1. The minimum absolute atomic E-state index is 0.0754. The van der Waals surface area contributed by atoms with Crippen LogP contribution in [0.4, 0.5) is 5.69 Å². The number of morpholine rings is 1. The minimum Gasteiger partial charge on any atom is -0.378 e. The highest BCUT2D eigenvalue weighted by atomic mass is 16.5. The predicted octanol–water partition coefficient (Wildman–Crippen LogP) is 2.90. The molecule has 0 N–H and O–H groups in total. The predicted molar refractivity (Wildman–Crippen MR) is 96.7 cm³/mol. The van der Waals surface area contributed by atoms with Crippen LogP contribution in [0.1, 0.15) is 34.9 Å². The molecule has 2 aliphatic heterocycles. The van der Waals surface area contributed by atoms with Crippen molar-refractivity contribution in [2.24, 2.45) is 0 Å². The van der Waals surface area contributed by atoms with Gasteiger partial charge < -0.3 is 14.5 Å². The quantitative estimate of drug-likeness (QED) is 0.864. The van der Waals surface area contributed by atoms with Gasteiger partial charge >= 0.3 is 0 Å². The molecule has 0 spiro atoms. The van der Waals surface area contributed by atoms with E-state index >= 15 is 0 Å². The summed E-state index contributed by atoms with van der Waals surface area (Å²) in [7, 11) is 0. The number of nitrogens with zero attached hydrogens (tertiary/aromatic N) is 3. The summed E-state index contributed by atoms with van der Waals surface area (Å²) in [6, 6.07) is 13.9. The molecule has 2 saturated heterocycles. The number of amides is 1. The second kappa shape index (κ2) is 7.23. The van der Waals surface area contributed by atoms with Crippen molar-refractivity contribution < 1.29 is 9.53 Å². The molecule has 2 fully saturated rings. The van der Waals surface area contributed by atoms with Gasteiger partial charge in [0, 0.05) is 31.5 Å². The molecule has 0 radical (unpaired) electrons. The summed E-state index contributed by atoms with van der Waals surface area (Å²) in [5, 5.41) is 0. The average molecular weight is 337 g/mol. The Morgan fingerprint density at radius 3 is 2.64 bits per heavy atom. The Morgan fingerprint density at radius 1 is 1.04 bits per heavy atom. The number of aromatic nitrogens is 1. The minimum atomic E-state index is 0.0754. The van der Waals surface area contributed by atoms with Gasteiger partial charge in [0.05, 0.1) is 30.5 Å². The zero-order valence-corrected chi connectivity index (χ0v) is 14.3. The Kier molecular flexibility index (Phi) is 4.65. The molecule has 4 rings (SSSR count). The van der Waals surface area contributed by atoms with Crippen LogP contribution in [0.3, 0.4) is 0 Å². The highest BCUT2D eigenvalue weighted by Crippen LogP contribution is 2.33. The van der Waals surface area contributed by atoms with E-state index in [0.717, 1.165) is 49.4 Å². The van der Waals surface area contributed by atoms with E-state index < -0.39 is 0 Å². The molecule has 2 aromatic rings. The van der Waals surface area contributed by atoms with E-state index in [-0.39, 0.29) is 11.9 Å². The number of hydrogen-bond donors (Lipinski definition) is 0. The number of ether oxygens (including phenoxy) is 1. The van der Waals surface area contributed by atoms with Gasteiger partial charge in [-0.05, 0) is 37.1 Å². The number of benzene rings is 1. The molecule has 1 unspecified atom stereocenters. The lowest BCUT2D eigenvalue weighted by molar-refractivity contribution is 0.0732. The lowest BCUT2D eigenvalue weighted by atomic mass is 10.1. The fraction of sp³-hybridized carbons (Fsp3) is 0.400. The van der Waals surface area contributed by atoms with Crippen molar-refractivity contribution in [1.29, 1.82) is 0 Å². The van der Waals surface area contributed by atoms with Crippen molar-refractivity contribution in [2.45, 2.75) is 18.9 Å². The Labute approximate surface area is 148 Å². The molecule has 5 heteroatoms. The van der Waals surface area contributed by atoms with E-state index in [1.807, 2.05) is 47.4 Å². The van der Waals surface area contributed by atoms with Gasteiger partial charge in [-0.3, -0.25) is 9.78 Å². The van der Waals surface area contributed by atoms with Gasteiger partial charge in [0.1, 0.15) is 0 Å². The maximum atomic E-state index is 13.3. The first-order valence-corrected chi connectivity index (χ1v) is 8.98. The number of carbonyl (C=O) groups excluding carboxylic acids is 1. The van der Waals surface area contributed by atoms with Gasteiger partial charge in [0.15, 0.2) is 0 Å². The highest BCUT2D eigenvalue weighted by molar-refractivity contribution is 6.00. The van der Waals surface area contributed by atoms with Crippen LogP contribution in [0.25, 0.3) is 0 Å². The Bertz CT molecular complexity index is 729. The average Bonchev–Trinajstić information content (AvgIpc) is 3.19. The first-order chi connectivity index (χ1) is 12.3. The van der Waals surface area contributed by atoms with Crippen molar-refractivity contribution in [3.05, 3.63) is 59.9 Å². The van der Waals surface area contributed by atoms with Gasteiger partial charge in [-0.15, -0.1) is 0 Å². The third-order valence-corrected chi connectivity index (χ3v) is 5.03. The number of para-hydroxylation sites is 1. The van der Waals surface area contributed by atoms with Crippen molar-refractivity contribution in [1.82, 2.24) is 9.88 Å². The van der Waals surface area contributed by atoms with Crippen LogP contribution in [-0.2, 0) is 4.74 Å². The number of pyridine rings is 1. The van der Waals surface area contributed by atoms with E-state index in [1.165, 1.54) is 0 Å². The smallest absolute Gasteiger partial charge is 0.256 e. The fourth-order valence-corrected chi connectivity index (χ4v) is 3.78. The molecule has 0 bridgehead atoms. The summed E-state index contributed by atoms with van der Waals surface area (Å²) in [4.78, 5) is 22.1. The summed E-state index contributed by atoms with van der Waals surface area (Å²) >= 11 is 0. The number of rotatable bonds is 3. The molecule has 1 amide bonds. The monoisotopic (exact) mass is 337 g/mol. The van der Waals surface area contributed by atoms with Crippen LogP contribution in [0, 0.1) is 0 Å². The second-order valence-electron chi connectivity index (χ2n) is 6.53. The molecule has 1 atom stereocenters. The lowest BCUT2D eigenvalue weighted by Gasteiger charge is -2.32. The first kappa shape index (κ1) is 16.1. The zero-order valence-electron chi connectivity index (χ0n) is 14.3. The number of likely N-dealkylation sites (tertiary alicyclic amines) is 1. The van der Waals surface area contributed by atoms with Crippen LogP contribution < -0.4 is 4.90 Å². The van der Waals surface area contributed by atoms with E-state index in [0.29, 0.717) is 13.2 Å². The van der Waals surface area contributed by atoms with Crippen molar-refractivity contribution in [3.8, 4) is 0 Å². The largest absolute Gasteiger partial charge is 0.378 e. The molecule has 5 nitrogen and oxygen atoms in total. The maximum Gasteiger partial charge on any atom is 0.256 e. The second-order valence-corrected chi connectivity index (χ2v) is 6.53. The Morgan fingerprint density at radius 2 is 1.84 bits per heavy atom. The van der Waals surface area contributed by atoms with Crippen LogP contribution >= 0.6 is 0 Å². The van der Waals surface area contributed by atoms with Gasteiger partial charge in [-0.2, -0.15) is 0 Å². The van der Waals surface area contributed by atoms with Gasteiger partial charge in [-0.25, -0.2) is 0 Å². The Balaban J connectivity index is 1.62. The molecule has 130 valence electrons. The van der Waals surface area contributed by atoms with Crippen molar-refractivity contribution in [2.75, 3.05) is 37.7 Å². The van der Waals surface area contributed by atoms with E-state index in [2.05, 4.69) is 9.88 Å². The third-order valence-electron chi connectivity index (χ3n) is 5.03. The van der Waals surface area contributed by atoms with Gasteiger partial charge in [0.25, 0.3) is 5.91 Å². The molecule has 25 heavy (non-hydrogen) atoms. The fourth-order valence-electron chi connectivity index (χ4n) is 3.78. The standard InChI is InChI=1S/C20H23N3O2/c24-20(23-11-5-9-19(23)17-7-3-4-10-21-17)16-6-1-2-8-18(16)22-12-14-25-15-13-22/h1-4,6-8,10,19H,5,9,11-15H2. The van der Waals surface area contributed by atoms with Gasteiger partial charge in [0.2, 0.25) is 0 Å². The normalized spacial score (nSPS) is 20.7. The summed E-state index contributed by atoms with van der Waals surface area (Å²) in [6.45, 7) is 3.87. The molecule has 1 aromatic carbocycles. The van der Waals surface area contributed by atoms with Gasteiger partial charge in [-0.1, -0.05) is 18.2 Å². The van der Waals surface area contributed by atoms with E-state index in [4.69, 9.17) is 4.74 Å². The van der Waals surface area contributed by atoms with E-state index in [9.17, 15) is 4.79 Å². The molecule has 3 heterocycles. The molecule has 2 aliphatic rings. The maximum absolute atomic E-state index is 13.3. The molecule has 0 saturated carbocycles. The van der Waals surface area contributed by atoms with Crippen LogP contribution in [0.15, 0.2) is 48.7 Å². The summed E-state index contributed by atoms with van der Waals surface area (Å²) in [5.74, 6) is 0.107. The van der Waals surface area contributed by atoms with Crippen LogP contribution in [0.5, 0.6) is 0 Å². The zero-order chi connectivity index (χ0) is 17.1. The highest BCUT2D eigenvalue weighted by Gasteiger charge is 2.32. The van der Waals surface area contributed by atoms with Crippen LogP contribution in [-0.4, -0.2) is 48.6 Å². The summed E-state index contributed by atoms with van der Waals surface area (Å²) in [5.41, 5.74) is 2.78. The molecule has 1 aromatic heterocycles. The summed E-state index contributed by atoms with van der Waals surface area (Å²) in [6.07, 6.45) is 3.80. The lowest BCUT2D eigenvalue weighted by Crippen LogP contribution is -2.38. The van der Waals surface area contributed by atoms with E-state index in [1.54, 1.807) is 6.20 Å².